The predicted molar refractivity (Wildman–Crippen MR) is 130 cm³/mol. The Balaban J connectivity index is 1.36. The molecule has 1 aromatic carbocycles. The zero-order valence-electron chi connectivity index (χ0n) is 20.2. The molecule has 32 heavy (non-hydrogen) atoms. The smallest absolute Gasteiger partial charge is 0.272 e. The van der Waals surface area contributed by atoms with Crippen molar-refractivity contribution in [2.45, 2.75) is 109 Å². The van der Waals surface area contributed by atoms with Crippen molar-refractivity contribution in [1.82, 2.24) is 0 Å². The van der Waals surface area contributed by atoms with Crippen LogP contribution in [0.5, 0.6) is 5.75 Å². The second-order valence-corrected chi connectivity index (χ2v) is 16.0. The first-order valence-corrected chi connectivity index (χ1v) is 16.2. The lowest BCUT2D eigenvalue weighted by atomic mass is 9.73. The molecule has 0 unspecified atom stereocenters. The Morgan fingerprint density at radius 3 is 2.31 bits per heavy atom. The fraction of sp³-hybridized carbons (Fsp3) is 0.778. The monoisotopic (exact) mass is 468 g/mol. The van der Waals surface area contributed by atoms with Gasteiger partial charge in [-0.1, -0.05) is 82.6 Å². The molecule has 1 nitrogen and oxygen atoms in total. The standard InChI is InChI=1S/C27H43F3OSi/c1-3-4-5-16-32(2)17-14-24(15-18-32)23-11-8-21(9-12-23)6-7-22-10-13-26(25(28)19-22)31-20-27(29)30/h10,13,19,21,23-24,27H,3-9,11-12,14-18,20H2,1-2H3/t21-,23-,24?,32?. The summed E-state index contributed by atoms with van der Waals surface area (Å²) in [4.78, 5) is 0. The van der Waals surface area contributed by atoms with Crippen LogP contribution in [0.25, 0.3) is 0 Å². The molecule has 0 amide bonds. The number of hydrogen-bond donors (Lipinski definition) is 0. The Kier molecular flexibility index (Phi) is 10.0. The molecule has 0 spiro atoms. The van der Waals surface area contributed by atoms with Crippen LogP contribution in [0, 0.1) is 23.6 Å². The lowest BCUT2D eigenvalue weighted by Gasteiger charge is -2.41. The number of unbranched alkanes of at least 4 members (excludes halogenated alkanes) is 2. The third kappa shape index (κ3) is 7.81. The molecule has 1 aromatic rings. The Bertz CT molecular complexity index is 679. The summed E-state index contributed by atoms with van der Waals surface area (Å²) in [5.41, 5.74) is 0.939. The number of hydrogen-bond acceptors (Lipinski definition) is 1. The van der Waals surface area contributed by atoms with Crippen molar-refractivity contribution in [3.8, 4) is 5.75 Å². The molecule has 1 aliphatic carbocycles. The van der Waals surface area contributed by atoms with Gasteiger partial charge in [0.1, 0.15) is 6.61 Å². The van der Waals surface area contributed by atoms with Gasteiger partial charge in [-0.2, -0.15) is 0 Å². The summed E-state index contributed by atoms with van der Waals surface area (Å²) in [5.74, 6) is 2.03. The molecule has 0 bridgehead atoms. The van der Waals surface area contributed by atoms with Crippen LogP contribution in [0.4, 0.5) is 13.2 Å². The minimum atomic E-state index is -2.59. The van der Waals surface area contributed by atoms with Crippen LogP contribution < -0.4 is 4.74 Å². The van der Waals surface area contributed by atoms with Gasteiger partial charge in [0.2, 0.25) is 0 Å². The number of aryl methyl sites for hydroxylation is 1. The van der Waals surface area contributed by atoms with E-state index in [1.807, 2.05) is 6.07 Å². The van der Waals surface area contributed by atoms with Crippen molar-refractivity contribution >= 4 is 8.07 Å². The Hall–Kier alpha value is -0.973. The Morgan fingerprint density at radius 1 is 1.00 bits per heavy atom. The zero-order valence-corrected chi connectivity index (χ0v) is 21.2. The molecule has 0 radical (unpaired) electrons. The predicted octanol–water partition coefficient (Wildman–Crippen LogP) is 8.89. The fourth-order valence-electron chi connectivity index (χ4n) is 6.15. The largest absolute Gasteiger partial charge is 0.485 e. The van der Waals surface area contributed by atoms with Gasteiger partial charge in [-0.3, -0.25) is 0 Å². The molecule has 0 N–H and O–H groups in total. The van der Waals surface area contributed by atoms with Crippen LogP contribution in [-0.4, -0.2) is 21.1 Å². The molecule has 2 aliphatic rings. The molecule has 1 saturated heterocycles. The molecule has 5 heteroatoms. The van der Waals surface area contributed by atoms with Crippen LogP contribution in [0.1, 0.15) is 76.7 Å². The lowest BCUT2D eigenvalue weighted by Crippen LogP contribution is -2.37. The summed E-state index contributed by atoms with van der Waals surface area (Å²) in [6, 6.07) is 9.44. The molecule has 1 aliphatic heterocycles. The quantitative estimate of drug-likeness (QED) is 0.233. The fourth-order valence-corrected chi connectivity index (χ4v) is 10.1. The van der Waals surface area contributed by atoms with E-state index in [9.17, 15) is 13.2 Å². The summed E-state index contributed by atoms with van der Waals surface area (Å²) < 4.78 is 43.4. The van der Waals surface area contributed by atoms with Crippen LogP contribution in [-0.2, 0) is 6.42 Å². The summed E-state index contributed by atoms with van der Waals surface area (Å²) in [5, 5.41) is 0. The van der Waals surface area contributed by atoms with Crippen molar-refractivity contribution in [1.29, 1.82) is 0 Å². The van der Waals surface area contributed by atoms with Gasteiger partial charge in [0.05, 0.1) is 8.07 Å². The van der Waals surface area contributed by atoms with E-state index < -0.39 is 26.9 Å². The summed E-state index contributed by atoms with van der Waals surface area (Å²) in [7, 11) is -0.939. The molecule has 1 saturated carbocycles. The molecule has 0 atom stereocenters. The normalized spacial score (nSPS) is 28.8. The summed E-state index contributed by atoms with van der Waals surface area (Å²) >= 11 is 0. The summed E-state index contributed by atoms with van der Waals surface area (Å²) in [6.07, 6.45) is 11.9. The highest BCUT2D eigenvalue weighted by atomic mass is 28.3. The third-order valence-corrected chi connectivity index (χ3v) is 12.9. The van der Waals surface area contributed by atoms with Gasteiger partial charge in [0, 0.05) is 0 Å². The van der Waals surface area contributed by atoms with E-state index >= 15 is 0 Å². The van der Waals surface area contributed by atoms with Crippen LogP contribution in [0.15, 0.2) is 18.2 Å². The number of alkyl halides is 2. The minimum Gasteiger partial charge on any atom is -0.485 e. The molecule has 0 aromatic heterocycles. The number of rotatable bonds is 11. The highest BCUT2D eigenvalue weighted by molar-refractivity contribution is 6.78. The van der Waals surface area contributed by atoms with Crippen molar-refractivity contribution in [2.24, 2.45) is 17.8 Å². The van der Waals surface area contributed by atoms with Crippen LogP contribution >= 0.6 is 0 Å². The van der Waals surface area contributed by atoms with Crippen molar-refractivity contribution in [3.05, 3.63) is 29.6 Å². The van der Waals surface area contributed by atoms with Gasteiger partial charge in [0.25, 0.3) is 6.43 Å². The Labute approximate surface area is 194 Å². The second kappa shape index (κ2) is 12.5. The third-order valence-electron chi connectivity index (χ3n) is 8.38. The first-order valence-electron chi connectivity index (χ1n) is 13.1. The van der Waals surface area contributed by atoms with E-state index in [2.05, 4.69) is 13.5 Å². The molecular formula is C27H43F3OSi. The average molecular weight is 469 g/mol. The van der Waals surface area contributed by atoms with E-state index in [0.717, 1.165) is 36.2 Å². The molecular weight excluding hydrogens is 425 g/mol. The molecule has 2 fully saturated rings. The van der Waals surface area contributed by atoms with E-state index in [1.54, 1.807) is 18.1 Å². The molecule has 1 heterocycles. The minimum absolute atomic E-state index is 0.0773. The van der Waals surface area contributed by atoms with Gasteiger partial charge in [0.15, 0.2) is 11.6 Å². The first-order chi connectivity index (χ1) is 15.4. The van der Waals surface area contributed by atoms with Gasteiger partial charge in [-0.05, 0) is 61.1 Å². The number of ether oxygens (including phenoxy) is 1. The van der Waals surface area contributed by atoms with Crippen LogP contribution in [0.2, 0.25) is 24.7 Å². The Morgan fingerprint density at radius 2 is 1.69 bits per heavy atom. The SMILES string of the molecule is CCCCC[Si]1(C)CCC([C@H]2CC[C@H](CCc3ccc(OCC(F)F)c(F)c3)CC2)CC1. The summed E-state index contributed by atoms with van der Waals surface area (Å²) in [6.45, 7) is 4.21. The zero-order chi connectivity index (χ0) is 23.0. The van der Waals surface area contributed by atoms with Gasteiger partial charge < -0.3 is 4.74 Å². The van der Waals surface area contributed by atoms with E-state index in [0.29, 0.717) is 0 Å². The van der Waals surface area contributed by atoms with Gasteiger partial charge >= 0.3 is 0 Å². The van der Waals surface area contributed by atoms with Crippen molar-refractivity contribution in [3.63, 3.8) is 0 Å². The van der Waals surface area contributed by atoms with Gasteiger partial charge in [-0.25, -0.2) is 13.2 Å². The average Bonchev–Trinajstić information content (AvgIpc) is 2.78. The van der Waals surface area contributed by atoms with E-state index in [-0.39, 0.29) is 5.75 Å². The number of halogens is 3. The van der Waals surface area contributed by atoms with E-state index in [4.69, 9.17) is 4.74 Å². The van der Waals surface area contributed by atoms with Crippen LogP contribution in [0.3, 0.4) is 0 Å². The molecule has 182 valence electrons. The molecule has 3 rings (SSSR count). The van der Waals surface area contributed by atoms with E-state index in [1.165, 1.54) is 69.9 Å². The van der Waals surface area contributed by atoms with Crippen molar-refractivity contribution < 1.29 is 17.9 Å². The highest BCUT2D eigenvalue weighted by Gasteiger charge is 2.36. The number of benzene rings is 1. The maximum atomic E-state index is 14.1. The van der Waals surface area contributed by atoms with Crippen molar-refractivity contribution in [2.75, 3.05) is 6.61 Å². The van der Waals surface area contributed by atoms with Gasteiger partial charge in [-0.15, -0.1) is 0 Å². The lowest BCUT2D eigenvalue weighted by molar-refractivity contribution is 0.0799. The highest BCUT2D eigenvalue weighted by Crippen LogP contribution is 2.44. The second-order valence-electron chi connectivity index (χ2n) is 10.9. The topological polar surface area (TPSA) is 9.23 Å². The maximum Gasteiger partial charge on any atom is 0.272 e. The maximum absolute atomic E-state index is 14.1. The first kappa shape index (κ1) is 25.6.